The first-order chi connectivity index (χ1) is 11.4. The summed E-state index contributed by atoms with van der Waals surface area (Å²) in [6.45, 7) is 0.791. The molecule has 2 aliphatic rings. The number of hydrogen-bond donors (Lipinski definition) is 1. The number of hydrogen-bond acceptors (Lipinski definition) is 6. The predicted octanol–water partition coefficient (Wildman–Crippen LogP) is 1.93. The highest BCUT2D eigenvalue weighted by Gasteiger charge is 2.44. The first-order valence-electron chi connectivity index (χ1n) is 7.56. The van der Waals surface area contributed by atoms with Crippen LogP contribution in [0.1, 0.15) is 24.3 Å². The molecule has 1 saturated heterocycles. The number of oxime groups is 1. The van der Waals surface area contributed by atoms with E-state index in [-0.39, 0.29) is 12.1 Å². The van der Waals surface area contributed by atoms with Crippen molar-refractivity contribution >= 4 is 23.0 Å². The van der Waals surface area contributed by atoms with Gasteiger partial charge in [0.2, 0.25) is 0 Å². The number of carbonyl (C=O) groups excluding carboxylic acids is 1. The van der Waals surface area contributed by atoms with Gasteiger partial charge in [-0.1, -0.05) is 5.16 Å². The third-order valence-electron chi connectivity index (χ3n) is 4.01. The van der Waals surface area contributed by atoms with Gasteiger partial charge in [0.05, 0.1) is 6.54 Å². The van der Waals surface area contributed by atoms with E-state index in [4.69, 9.17) is 4.84 Å². The molecule has 1 amide bonds. The summed E-state index contributed by atoms with van der Waals surface area (Å²) in [6, 6.07) is 0. The molecule has 24 heavy (non-hydrogen) atoms. The van der Waals surface area contributed by atoms with Crippen LogP contribution in [0.5, 0.6) is 0 Å². The van der Waals surface area contributed by atoms with Gasteiger partial charge in [0.15, 0.2) is 5.60 Å². The molecule has 0 saturated carbocycles. The van der Waals surface area contributed by atoms with Crippen molar-refractivity contribution in [1.82, 2.24) is 15.2 Å². The van der Waals surface area contributed by atoms with E-state index >= 15 is 0 Å². The van der Waals surface area contributed by atoms with Gasteiger partial charge in [-0.2, -0.15) is 13.2 Å². The zero-order valence-electron chi connectivity index (χ0n) is 12.8. The van der Waals surface area contributed by atoms with Gasteiger partial charge in [-0.15, -0.1) is 11.3 Å². The zero-order valence-corrected chi connectivity index (χ0v) is 13.6. The number of carbonyl (C=O) groups is 1. The van der Waals surface area contributed by atoms with Crippen molar-refractivity contribution in [2.75, 3.05) is 19.6 Å². The molecule has 1 N–H and O–H groups in total. The first-order valence-corrected chi connectivity index (χ1v) is 8.44. The Kier molecular flexibility index (Phi) is 4.77. The topological polar surface area (TPSA) is 66.8 Å². The summed E-state index contributed by atoms with van der Waals surface area (Å²) in [5.74, 6) is -0.818. The second-order valence-corrected chi connectivity index (χ2v) is 7.01. The minimum Gasteiger partial charge on any atom is -0.387 e. The molecule has 1 spiro atoms. The molecular formula is C14H17F3N4O2S. The second-order valence-electron chi connectivity index (χ2n) is 6.03. The van der Waals surface area contributed by atoms with Crippen LogP contribution in [0.25, 0.3) is 0 Å². The quantitative estimate of drug-likeness (QED) is 0.889. The van der Waals surface area contributed by atoms with Crippen molar-refractivity contribution in [2.24, 2.45) is 5.16 Å². The van der Waals surface area contributed by atoms with E-state index < -0.39 is 24.2 Å². The Morgan fingerprint density at radius 2 is 2.33 bits per heavy atom. The van der Waals surface area contributed by atoms with Crippen LogP contribution in [0, 0.1) is 0 Å². The molecule has 1 aromatic rings. The van der Waals surface area contributed by atoms with E-state index in [1.807, 2.05) is 10.7 Å². The highest BCUT2D eigenvalue weighted by molar-refractivity contribution is 7.09. The zero-order chi connectivity index (χ0) is 17.2. The van der Waals surface area contributed by atoms with Crippen molar-refractivity contribution in [3.8, 4) is 0 Å². The molecule has 0 unspecified atom stereocenters. The molecule has 1 atom stereocenters. The summed E-state index contributed by atoms with van der Waals surface area (Å²) in [6.07, 6.45) is -0.870. The number of thiazole rings is 1. The van der Waals surface area contributed by atoms with Gasteiger partial charge in [-0.25, -0.2) is 4.98 Å². The second kappa shape index (κ2) is 6.67. The van der Waals surface area contributed by atoms with Crippen LogP contribution >= 0.6 is 11.3 Å². The molecule has 2 aliphatic heterocycles. The maximum absolute atomic E-state index is 12.2. The number of rotatable bonds is 4. The lowest BCUT2D eigenvalue weighted by Crippen LogP contribution is -2.48. The highest BCUT2D eigenvalue weighted by Crippen LogP contribution is 2.34. The molecular weight excluding hydrogens is 345 g/mol. The monoisotopic (exact) mass is 362 g/mol. The maximum Gasteiger partial charge on any atom is 0.405 e. The lowest BCUT2D eigenvalue weighted by atomic mass is 9.88. The largest absolute Gasteiger partial charge is 0.405 e. The first kappa shape index (κ1) is 17.2. The fourth-order valence-corrected chi connectivity index (χ4v) is 3.65. The van der Waals surface area contributed by atoms with Crippen LogP contribution in [-0.2, 0) is 16.2 Å². The minimum atomic E-state index is -4.44. The van der Waals surface area contributed by atoms with Gasteiger partial charge in [0.25, 0.3) is 5.91 Å². The maximum atomic E-state index is 12.2. The van der Waals surface area contributed by atoms with E-state index in [0.29, 0.717) is 13.1 Å². The number of nitrogens with one attached hydrogen (secondary N) is 1. The van der Waals surface area contributed by atoms with E-state index in [0.717, 1.165) is 24.4 Å². The number of halogens is 3. The van der Waals surface area contributed by atoms with E-state index in [9.17, 15) is 18.0 Å². The van der Waals surface area contributed by atoms with Gasteiger partial charge < -0.3 is 10.2 Å². The third kappa shape index (κ3) is 4.23. The van der Waals surface area contributed by atoms with Gasteiger partial charge in [-0.05, 0) is 19.4 Å². The van der Waals surface area contributed by atoms with Crippen LogP contribution in [0.15, 0.2) is 16.7 Å². The average molecular weight is 362 g/mol. The fraction of sp³-hybridized carbons (Fsp3) is 0.643. The number of piperidine rings is 1. The molecule has 0 bridgehead atoms. The number of aromatic nitrogens is 1. The molecule has 0 aromatic carbocycles. The van der Waals surface area contributed by atoms with Gasteiger partial charge in [0.1, 0.15) is 17.3 Å². The molecule has 6 nitrogen and oxygen atoms in total. The van der Waals surface area contributed by atoms with Crippen molar-refractivity contribution in [2.45, 2.75) is 37.6 Å². The molecule has 132 valence electrons. The fourth-order valence-electron chi connectivity index (χ4n) is 2.99. The Morgan fingerprint density at radius 1 is 1.50 bits per heavy atom. The molecule has 1 fully saturated rings. The smallest absolute Gasteiger partial charge is 0.387 e. The third-order valence-corrected chi connectivity index (χ3v) is 4.78. The summed E-state index contributed by atoms with van der Waals surface area (Å²) < 4.78 is 36.6. The minimum absolute atomic E-state index is 0.0235. The number of likely N-dealkylation sites (tertiary alicyclic amines) is 1. The van der Waals surface area contributed by atoms with Crippen LogP contribution < -0.4 is 5.32 Å². The van der Waals surface area contributed by atoms with E-state index in [1.165, 1.54) is 0 Å². The number of nitrogens with zero attached hydrogens (tertiary/aromatic N) is 3. The molecule has 3 rings (SSSR count). The van der Waals surface area contributed by atoms with Crippen LogP contribution in [0.2, 0.25) is 0 Å². The van der Waals surface area contributed by atoms with Crippen molar-refractivity contribution in [1.29, 1.82) is 0 Å². The molecule has 10 heteroatoms. The number of amides is 1. The number of alkyl halides is 3. The molecule has 1 aromatic heterocycles. The van der Waals surface area contributed by atoms with Crippen LogP contribution in [0.3, 0.4) is 0 Å². The van der Waals surface area contributed by atoms with Crippen LogP contribution in [0.4, 0.5) is 13.2 Å². The summed E-state index contributed by atoms with van der Waals surface area (Å²) in [5, 5.41) is 8.48. The summed E-state index contributed by atoms with van der Waals surface area (Å²) in [5.41, 5.74) is -0.601. The normalized spacial score (nSPS) is 24.7. The van der Waals surface area contributed by atoms with Crippen LogP contribution in [-0.4, -0.2) is 52.9 Å². The molecule has 0 radical (unpaired) electrons. The van der Waals surface area contributed by atoms with E-state index in [2.05, 4.69) is 15.0 Å². The lowest BCUT2D eigenvalue weighted by molar-refractivity contribution is -0.134. The Hall–Kier alpha value is -1.68. The standard InChI is InChI=1S/C14H17F3N4O2S/c15-14(16,17)8-19-12(22)10-6-13(23-20-10)2-1-4-21(9-13)7-11-18-3-5-24-11/h3,5H,1-2,4,6-9H2,(H,19,22)/t13-/m0/s1. The predicted molar refractivity (Wildman–Crippen MR) is 81.6 cm³/mol. The molecule has 3 heterocycles. The SMILES string of the molecule is O=C(NCC(F)(F)F)C1=NO[C@@]2(CCCN(Cc3nccs3)C2)C1. The van der Waals surface area contributed by atoms with Crippen molar-refractivity contribution in [3.63, 3.8) is 0 Å². The summed E-state index contributed by atoms with van der Waals surface area (Å²) >= 11 is 1.57. The lowest BCUT2D eigenvalue weighted by Gasteiger charge is -2.37. The van der Waals surface area contributed by atoms with Gasteiger partial charge >= 0.3 is 6.18 Å². The summed E-state index contributed by atoms with van der Waals surface area (Å²) in [7, 11) is 0. The van der Waals surface area contributed by atoms with E-state index in [1.54, 1.807) is 17.5 Å². The Balaban J connectivity index is 1.55. The Bertz CT molecular complexity index is 620. The van der Waals surface area contributed by atoms with Crippen molar-refractivity contribution in [3.05, 3.63) is 16.6 Å². The Labute approximate surface area is 140 Å². The highest BCUT2D eigenvalue weighted by atomic mass is 32.1. The Morgan fingerprint density at radius 3 is 3.04 bits per heavy atom. The van der Waals surface area contributed by atoms with Gasteiger partial charge in [-0.3, -0.25) is 9.69 Å². The van der Waals surface area contributed by atoms with Gasteiger partial charge in [0, 0.05) is 24.5 Å². The summed E-state index contributed by atoms with van der Waals surface area (Å²) in [4.78, 5) is 23.7. The molecule has 0 aliphatic carbocycles. The van der Waals surface area contributed by atoms with Crippen molar-refractivity contribution < 1.29 is 22.8 Å². The average Bonchev–Trinajstić information content (AvgIpc) is 3.15.